The number of benzene rings is 1. The SMILES string of the molecule is CCOc1cc(NC(=O)C(C)(C)CN)ccc1OC.Cl. The average molecular weight is 303 g/mol. The van der Waals surface area contributed by atoms with E-state index < -0.39 is 5.41 Å². The van der Waals surface area contributed by atoms with Gasteiger partial charge < -0.3 is 20.5 Å². The first-order valence-electron chi connectivity index (χ1n) is 6.27. The van der Waals surface area contributed by atoms with Crippen LogP contribution in [0.3, 0.4) is 0 Å². The number of anilines is 1. The number of nitrogens with two attached hydrogens (primary N) is 1. The van der Waals surface area contributed by atoms with Crippen LogP contribution in [0.5, 0.6) is 11.5 Å². The number of hydrogen-bond donors (Lipinski definition) is 2. The summed E-state index contributed by atoms with van der Waals surface area (Å²) in [5.74, 6) is 1.12. The van der Waals surface area contributed by atoms with Crippen molar-refractivity contribution < 1.29 is 14.3 Å². The molecule has 0 aliphatic rings. The number of rotatable bonds is 6. The number of amides is 1. The van der Waals surface area contributed by atoms with E-state index in [4.69, 9.17) is 15.2 Å². The van der Waals surface area contributed by atoms with E-state index in [9.17, 15) is 4.79 Å². The van der Waals surface area contributed by atoms with Gasteiger partial charge in [0, 0.05) is 18.3 Å². The van der Waals surface area contributed by atoms with Crippen molar-refractivity contribution in [2.75, 3.05) is 25.6 Å². The number of nitrogens with one attached hydrogen (secondary N) is 1. The lowest BCUT2D eigenvalue weighted by Gasteiger charge is -2.21. The number of methoxy groups -OCH3 is 1. The van der Waals surface area contributed by atoms with Gasteiger partial charge in [0.05, 0.1) is 19.1 Å². The summed E-state index contributed by atoms with van der Waals surface area (Å²) in [5, 5.41) is 2.83. The van der Waals surface area contributed by atoms with Crippen LogP contribution in [0.4, 0.5) is 5.69 Å². The van der Waals surface area contributed by atoms with E-state index in [1.54, 1.807) is 39.2 Å². The maximum Gasteiger partial charge on any atom is 0.231 e. The van der Waals surface area contributed by atoms with E-state index in [1.807, 2.05) is 6.92 Å². The number of ether oxygens (including phenoxy) is 2. The molecule has 0 aliphatic carbocycles. The Hall–Kier alpha value is -1.46. The quantitative estimate of drug-likeness (QED) is 0.846. The highest BCUT2D eigenvalue weighted by atomic mass is 35.5. The van der Waals surface area contributed by atoms with Crippen molar-refractivity contribution in [1.29, 1.82) is 0 Å². The van der Waals surface area contributed by atoms with Crippen LogP contribution in [-0.2, 0) is 4.79 Å². The molecule has 0 atom stereocenters. The Morgan fingerprint density at radius 1 is 1.35 bits per heavy atom. The van der Waals surface area contributed by atoms with Gasteiger partial charge in [-0.1, -0.05) is 0 Å². The molecule has 0 aromatic heterocycles. The Morgan fingerprint density at radius 2 is 2.00 bits per heavy atom. The molecule has 6 heteroatoms. The van der Waals surface area contributed by atoms with Crippen molar-refractivity contribution in [2.24, 2.45) is 11.1 Å². The molecule has 0 unspecified atom stereocenters. The molecule has 0 saturated carbocycles. The van der Waals surface area contributed by atoms with Crippen LogP contribution >= 0.6 is 12.4 Å². The van der Waals surface area contributed by atoms with Crippen molar-refractivity contribution in [3.05, 3.63) is 18.2 Å². The maximum atomic E-state index is 12.0. The lowest BCUT2D eigenvalue weighted by molar-refractivity contribution is -0.123. The Labute approximate surface area is 126 Å². The van der Waals surface area contributed by atoms with Crippen LogP contribution in [-0.4, -0.2) is 26.2 Å². The van der Waals surface area contributed by atoms with Gasteiger partial charge in [-0.25, -0.2) is 0 Å². The van der Waals surface area contributed by atoms with Crippen LogP contribution in [0.25, 0.3) is 0 Å². The lowest BCUT2D eigenvalue weighted by atomic mass is 9.92. The molecule has 0 fully saturated rings. The van der Waals surface area contributed by atoms with Crippen molar-refractivity contribution in [1.82, 2.24) is 0 Å². The third-order valence-electron chi connectivity index (χ3n) is 2.85. The predicted octanol–water partition coefficient (Wildman–Crippen LogP) is 2.44. The summed E-state index contributed by atoms with van der Waals surface area (Å²) in [5.41, 5.74) is 5.64. The molecule has 0 radical (unpaired) electrons. The summed E-state index contributed by atoms with van der Waals surface area (Å²) in [6.45, 7) is 6.31. The standard InChI is InChI=1S/C14H22N2O3.ClH/c1-5-19-12-8-10(6-7-11(12)18-4)16-13(17)14(2,3)9-15;/h6-8H,5,9,15H2,1-4H3,(H,16,17);1H. The predicted molar refractivity (Wildman–Crippen MR) is 82.9 cm³/mol. The van der Waals surface area contributed by atoms with Crippen LogP contribution < -0.4 is 20.5 Å². The zero-order valence-corrected chi connectivity index (χ0v) is 13.2. The molecule has 1 aromatic rings. The minimum absolute atomic E-state index is 0. The van der Waals surface area contributed by atoms with Crippen LogP contribution in [0, 0.1) is 5.41 Å². The maximum absolute atomic E-state index is 12.0. The summed E-state index contributed by atoms with van der Waals surface area (Å²) in [6.07, 6.45) is 0. The number of halogens is 1. The van der Waals surface area contributed by atoms with E-state index in [1.165, 1.54) is 0 Å². The largest absolute Gasteiger partial charge is 0.493 e. The van der Waals surface area contributed by atoms with Crippen molar-refractivity contribution >= 4 is 24.0 Å². The van der Waals surface area contributed by atoms with Gasteiger partial charge in [-0.2, -0.15) is 0 Å². The normalized spacial score (nSPS) is 10.4. The minimum atomic E-state index is -0.605. The number of hydrogen-bond acceptors (Lipinski definition) is 4. The third kappa shape index (κ3) is 4.58. The number of carbonyl (C=O) groups is 1. The van der Waals surface area contributed by atoms with Gasteiger partial charge in [0.15, 0.2) is 11.5 Å². The summed E-state index contributed by atoms with van der Waals surface area (Å²) in [4.78, 5) is 12.0. The van der Waals surface area contributed by atoms with Gasteiger partial charge in [0.25, 0.3) is 0 Å². The van der Waals surface area contributed by atoms with Gasteiger partial charge >= 0.3 is 0 Å². The summed E-state index contributed by atoms with van der Waals surface area (Å²) in [6, 6.07) is 5.27. The van der Waals surface area contributed by atoms with Crippen molar-refractivity contribution in [2.45, 2.75) is 20.8 Å². The second-order valence-electron chi connectivity index (χ2n) is 4.84. The zero-order valence-electron chi connectivity index (χ0n) is 12.4. The average Bonchev–Trinajstić information content (AvgIpc) is 2.39. The molecule has 1 amide bonds. The Morgan fingerprint density at radius 3 is 2.50 bits per heavy atom. The van der Waals surface area contributed by atoms with Gasteiger partial charge in [-0.15, -0.1) is 12.4 Å². The number of carbonyl (C=O) groups excluding carboxylic acids is 1. The fraction of sp³-hybridized carbons (Fsp3) is 0.500. The van der Waals surface area contributed by atoms with E-state index >= 15 is 0 Å². The first kappa shape index (κ1) is 18.5. The fourth-order valence-corrected chi connectivity index (χ4v) is 1.42. The van der Waals surface area contributed by atoms with Gasteiger partial charge in [-0.3, -0.25) is 4.79 Å². The molecule has 0 heterocycles. The van der Waals surface area contributed by atoms with E-state index in [0.29, 0.717) is 23.8 Å². The smallest absolute Gasteiger partial charge is 0.231 e. The molecule has 20 heavy (non-hydrogen) atoms. The van der Waals surface area contributed by atoms with Gasteiger partial charge in [-0.05, 0) is 32.9 Å². The Bertz CT molecular complexity index is 450. The third-order valence-corrected chi connectivity index (χ3v) is 2.85. The van der Waals surface area contributed by atoms with Gasteiger partial charge in [0.2, 0.25) is 5.91 Å². The molecule has 5 nitrogen and oxygen atoms in total. The molecule has 0 spiro atoms. The highest BCUT2D eigenvalue weighted by Crippen LogP contribution is 2.30. The van der Waals surface area contributed by atoms with Crippen molar-refractivity contribution in [3.8, 4) is 11.5 Å². The van der Waals surface area contributed by atoms with E-state index in [2.05, 4.69) is 5.32 Å². The van der Waals surface area contributed by atoms with E-state index in [0.717, 1.165) is 0 Å². The summed E-state index contributed by atoms with van der Waals surface area (Å²) >= 11 is 0. The molecular weight excluding hydrogens is 280 g/mol. The summed E-state index contributed by atoms with van der Waals surface area (Å²) < 4.78 is 10.6. The second-order valence-corrected chi connectivity index (χ2v) is 4.84. The lowest BCUT2D eigenvalue weighted by Crippen LogP contribution is -2.37. The van der Waals surface area contributed by atoms with Crippen LogP contribution in [0.1, 0.15) is 20.8 Å². The first-order chi connectivity index (χ1) is 8.94. The molecule has 0 bridgehead atoms. The first-order valence-corrected chi connectivity index (χ1v) is 6.27. The highest BCUT2D eigenvalue weighted by Gasteiger charge is 2.25. The minimum Gasteiger partial charge on any atom is -0.493 e. The summed E-state index contributed by atoms with van der Waals surface area (Å²) in [7, 11) is 1.58. The molecule has 1 aromatic carbocycles. The molecular formula is C14H23ClN2O3. The highest BCUT2D eigenvalue weighted by molar-refractivity contribution is 5.95. The van der Waals surface area contributed by atoms with Crippen molar-refractivity contribution in [3.63, 3.8) is 0 Å². The van der Waals surface area contributed by atoms with Crippen LogP contribution in [0.15, 0.2) is 18.2 Å². The Kier molecular flexibility index (Phi) is 7.39. The molecule has 0 aliphatic heterocycles. The molecule has 1 rings (SSSR count). The fourth-order valence-electron chi connectivity index (χ4n) is 1.42. The second kappa shape index (κ2) is 7.97. The molecule has 0 saturated heterocycles. The van der Waals surface area contributed by atoms with E-state index in [-0.39, 0.29) is 24.9 Å². The Balaban J connectivity index is 0.00000361. The molecule has 3 N–H and O–H groups in total. The topological polar surface area (TPSA) is 73.6 Å². The monoisotopic (exact) mass is 302 g/mol. The molecule has 114 valence electrons. The van der Waals surface area contributed by atoms with Gasteiger partial charge in [0.1, 0.15) is 0 Å². The zero-order chi connectivity index (χ0) is 14.5. The van der Waals surface area contributed by atoms with Crippen LogP contribution in [0.2, 0.25) is 0 Å².